The van der Waals surface area contributed by atoms with Gasteiger partial charge in [-0.3, -0.25) is 9.59 Å². The van der Waals surface area contributed by atoms with Gasteiger partial charge in [-0.25, -0.2) is 0 Å². The molecule has 0 radical (unpaired) electrons. The Morgan fingerprint density at radius 1 is 0.562 bits per heavy atom. The Morgan fingerprint density at radius 3 is 1.50 bits per heavy atom. The van der Waals surface area contributed by atoms with E-state index >= 15 is 0 Å². The second kappa shape index (κ2) is 33.9. The Hall–Kier alpha value is -1.56. The number of allylic oxidation sites excluding steroid dienone is 1. The van der Waals surface area contributed by atoms with E-state index in [0.29, 0.717) is 18.9 Å². The number of ether oxygens (including phenoxy) is 3. The summed E-state index contributed by atoms with van der Waals surface area (Å²) in [7, 11) is 4.09. The topological polar surface area (TPSA) is 65.1 Å². The van der Waals surface area contributed by atoms with Crippen LogP contribution in [0.25, 0.3) is 0 Å². The van der Waals surface area contributed by atoms with Crippen molar-refractivity contribution in [1.82, 2.24) is 4.90 Å². The van der Waals surface area contributed by atoms with E-state index in [1.807, 2.05) is 14.1 Å². The highest BCUT2D eigenvalue weighted by molar-refractivity contribution is 5.72. The third kappa shape index (κ3) is 28.3. The van der Waals surface area contributed by atoms with E-state index in [1.54, 1.807) is 0 Å². The lowest BCUT2D eigenvalue weighted by Gasteiger charge is -2.19. The van der Waals surface area contributed by atoms with E-state index in [-0.39, 0.29) is 24.0 Å². The average Bonchev–Trinajstić information content (AvgIpc) is 3.06. The molecule has 0 aliphatic heterocycles. The molecule has 0 bridgehead atoms. The van der Waals surface area contributed by atoms with Crippen LogP contribution in [0.3, 0.4) is 0 Å². The monoisotopic (exact) mass is 680 g/mol. The van der Waals surface area contributed by atoms with Crippen LogP contribution in [0.15, 0.2) is 12.3 Å². The van der Waals surface area contributed by atoms with Crippen molar-refractivity contribution in [2.24, 2.45) is 11.8 Å². The van der Waals surface area contributed by atoms with Crippen LogP contribution in [0.5, 0.6) is 0 Å². The van der Waals surface area contributed by atoms with Gasteiger partial charge >= 0.3 is 11.9 Å². The van der Waals surface area contributed by atoms with Gasteiger partial charge in [0.1, 0.15) is 6.10 Å². The van der Waals surface area contributed by atoms with E-state index in [1.165, 1.54) is 77.0 Å². The predicted molar refractivity (Wildman–Crippen MR) is 204 cm³/mol. The van der Waals surface area contributed by atoms with Crippen LogP contribution in [0.4, 0.5) is 0 Å². The maximum absolute atomic E-state index is 12.6. The lowest BCUT2D eigenvalue weighted by Crippen LogP contribution is -2.20. The third-order valence-electron chi connectivity index (χ3n) is 9.74. The van der Waals surface area contributed by atoms with Gasteiger partial charge in [-0.15, -0.1) is 0 Å². The molecule has 0 saturated carbocycles. The molecule has 284 valence electrons. The zero-order valence-electron chi connectivity index (χ0n) is 32.9. The largest absolute Gasteiger partial charge is 0.498 e. The second-order valence-electron chi connectivity index (χ2n) is 14.5. The van der Waals surface area contributed by atoms with Crippen molar-refractivity contribution in [1.29, 1.82) is 0 Å². The van der Waals surface area contributed by atoms with Crippen LogP contribution in [0.2, 0.25) is 0 Å². The highest BCUT2D eigenvalue weighted by Crippen LogP contribution is 2.22. The fraction of sp³-hybridized carbons (Fsp3) is 0.905. The number of hydrogen-bond acceptors (Lipinski definition) is 6. The Labute approximate surface area is 298 Å². The van der Waals surface area contributed by atoms with Gasteiger partial charge in [-0.05, 0) is 91.3 Å². The molecule has 0 rings (SSSR count). The van der Waals surface area contributed by atoms with Crippen LogP contribution in [0.1, 0.15) is 195 Å². The van der Waals surface area contributed by atoms with Crippen molar-refractivity contribution in [2.75, 3.05) is 33.9 Å². The molecule has 48 heavy (non-hydrogen) atoms. The Kier molecular flexibility index (Phi) is 32.8. The first kappa shape index (κ1) is 46.4. The molecule has 0 aliphatic rings. The van der Waals surface area contributed by atoms with Crippen molar-refractivity contribution in [2.45, 2.75) is 201 Å². The number of nitrogens with zero attached hydrogens (tertiary/aromatic N) is 1. The summed E-state index contributed by atoms with van der Waals surface area (Å²) >= 11 is 0. The van der Waals surface area contributed by atoms with E-state index < -0.39 is 0 Å². The molecule has 0 spiro atoms. The molecular weight excluding hydrogens is 598 g/mol. The maximum Gasteiger partial charge on any atom is 0.308 e. The number of hydrogen-bond donors (Lipinski definition) is 0. The summed E-state index contributed by atoms with van der Waals surface area (Å²) in [5.41, 5.74) is 0. The maximum atomic E-state index is 12.6. The smallest absolute Gasteiger partial charge is 0.308 e. The molecule has 6 nitrogen and oxygen atoms in total. The summed E-state index contributed by atoms with van der Waals surface area (Å²) < 4.78 is 17.5. The molecule has 0 aromatic carbocycles. The first-order valence-corrected chi connectivity index (χ1v) is 20.6. The molecule has 0 N–H and O–H groups in total. The van der Waals surface area contributed by atoms with Crippen LogP contribution in [0, 0.1) is 11.8 Å². The Balaban J connectivity index is 4.15. The highest BCUT2D eigenvalue weighted by atomic mass is 16.5. The summed E-state index contributed by atoms with van der Waals surface area (Å²) in [6.45, 7) is 15.2. The normalized spacial score (nSPS) is 13.3. The molecule has 3 atom stereocenters. The lowest BCUT2D eigenvalue weighted by atomic mass is 9.98. The molecule has 0 amide bonds. The van der Waals surface area contributed by atoms with Crippen LogP contribution < -0.4 is 0 Å². The zero-order valence-corrected chi connectivity index (χ0v) is 32.9. The van der Waals surface area contributed by atoms with Crippen LogP contribution >= 0.6 is 0 Å². The summed E-state index contributed by atoms with van der Waals surface area (Å²) in [5, 5.41) is 0. The standard InChI is InChI=1S/C42H81NO5/c1-8-12-29-38(10-3)37(5)46-35-26-22-18-14-16-20-24-31-40(48-41(44)33-28-34-43(6)7)32-25-21-17-15-19-23-27-36-47-42(45)39(11-4)30-13-9-2/h38-40H,5,8-36H2,1-4,6-7H3. The van der Waals surface area contributed by atoms with Crippen LogP contribution in [-0.4, -0.2) is 56.8 Å². The Morgan fingerprint density at radius 2 is 1.02 bits per heavy atom. The molecule has 6 heteroatoms. The minimum atomic E-state index is -0.0290. The van der Waals surface area contributed by atoms with Gasteiger partial charge in [0.25, 0.3) is 0 Å². The summed E-state index contributed by atoms with van der Waals surface area (Å²) in [5.74, 6) is 1.56. The minimum absolute atomic E-state index is 0.000698. The molecule has 0 fully saturated rings. The molecule has 0 aromatic rings. The first-order valence-electron chi connectivity index (χ1n) is 20.6. The van der Waals surface area contributed by atoms with Crippen molar-refractivity contribution in [3.63, 3.8) is 0 Å². The molecular formula is C42H81NO5. The quantitative estimate of drug-likeness (QED) is 0.0373. The van der Waals surface area contributed by atoms with Crippen molar-refractivity contribution >= 4 is 11.9 Å². The van der Waals surface area contributed by atoms with Crippen molar-refractivity contribution in [3.8, 4) is 0 Å². The fourth-order valence-electron chi connectivity index (χ4n) is 6.36. The summed E-state index contributed by atoms with van der Waals surface area (Å²) in [6, 6.07) is 0. The zero-order chi connectivity index (χ0) is 35.7. The van der Waals surface area contributed by atoms with E-state index in [2.05, 4.69) is 39.2 Å². The van der Waals surface area contributed by atoms with E-state index in [4.69, 9.17) is 14.2 Å². The average molecular weight is 680 g/mol. The number of unbranched alkanes of at least 4 members (excludes halogenated alkanes) is 14. The van der Waals surface area contributed by atoms with E-state index in [0.717, 1.165) is 102 Å². The van der Waals surface area contributed by atoms with Gasteiger partial charge in [-0.1, -0.05) is 124 Å². The SMILES string of the molecule is C=C(OCCCCCCCCCC(CCCCCCCCCOC(=O)C(CC)CCCC)OC(=O)CCCN(C)C)C(CC)CCCC. The van der Waals surface area contributed by atoms with Crippen LogP contribution in [-0.2, 0) is 23.8 Å². The number of carbonyl (C=O) groups is 2. The number of rotatable bonds is 36. The van der Waals surface area contributed by atoms with Crippen molar-refractivity contribution < 1.29 is 23.8 Å². The number of esters is 2. The van der Waals surface area contributed by atoms with Crippen molar-refractivity contribution in [3.05, 3.63) is 12.3 Å². The Bertz CT molecular complexity index is 706. The first-order chi connectivity index (χ1) is 23.3. The van der Waals surface area contributed by atoms with E-state index in [9.17, 15) is 9.59 Å². The van der Waals surface area contributed by atoms with Gasteiger partial charge in [0.05, 0.1) is 24.9 Å². The van der Waals surface area contributed by atoms with Gasteiger partial charge in [0.2, 0.25) is 0 Å². The molecule has 0 aromatic heterocycles. The minimum Gasteiger partial charge on any atom is -0.498 e. The van der Waals surface area contributed by atoms with Gasteiger partial charge in [0.15, 0.2) is 0 Å². The fourth-order valence-corrected chi connectivity index (χ4v) is 6.36. The predicted octanol–water partition coefficient (Wildman–Crippen LogP) is 12.0. The van der Waals surface area contributed by atoms with Gasteiger partial charge in [0, 0.05) is 12.3 Å². The lowest BCUT2D eigenvalue weighted by molar-refractivity contribution is -0.150. The molecule has 0 saturated heterocycles. The van der Waals surface area contributed by atoms with Gasteiger partial charge < -0.3 is 19.1 Å². The summed E-state index contributed by atoms with van der Waals surface area (Å²) in [6.07, 6.45) is 28.7. The molecule has 3 unspecified atom stereocenters. The molecule has 0 aliphatic carbocycles. The third-order valence-corrected chi connectivity index (χ3v) is 9.74. The summed E-state index contributed by atoms with van der Waals surface area (Å²) in [4.78, 5) is 26.9. The highest BCUT2D eigenvalue weighted by Gasteiger charge is 2.17. The second-order valence-corrected chi connectivity index (χ2v) is 14.5. The molecule has 0 heterocycles. The van der Waals surface area contributed by atoms with Gasteiger partial charge in [-0.2, -0.15) is 0 Å². The number of carbonyl (C=O) groups excluding carboxylic acids is 2.